The zero-order chi connectivity index (χ0) is 32.4. The Morgan fingerprint density at radius 2 is 2.02 bits per heavy atom. The van der Waals surface area contributed by atoms with E-state index in [0.29, 0.717) is 23.7 Å². The summed E-state index contributed by atoms with van der Waals surface area (Å²) in [5, 5.41) is 5.66. The second kappa shape index (κ2) is 19.5. The van der Waals surface area contributed by atoms with Gasteiger partial charge in [-0.15, -0.1) is 5.73 Å². The first-order chi connectivity index (χ1) is 20.5. The fraction of sp³-hybridized carbons (Fsp3) is 0.382. The second-order valence-corrected chi connectivity index (χ2v) is 10.3. The smallest absolute Gasteiger partial charge is 0.243 e. The summed E-state index contributed by atoms with van der Waals surface area (Å²) in [6.07, 6.45) is 16.2. The third-order valence-electron chi connectivity index (χ3n) is 6.00. The molecule has 1 aromatic rings. The minimum absolute atomic E-state index is 0. The summed E-state index contributed by atoms with van der Waals surface area (Å²) in [6, 6.07) is 2.00. The van der Waals surface area contributed by atoms with Crippen LogP contribution in [-0.2, 0) is 14.3 Å². The molecular formula is C34H52N6O3. The average Bonchev–Trinajstić information content (AvgIpc) is 3.60. The van der Waals surface area contributed by atoms with Crippen molar-refractivity contribution in [2.75, 3.05) is 30.8 Å². The Morgan fingerprint density at radius 3 is 2.53 bits per heavy atom. The lowest BCUT2D eigenvalue weighted by Gasteiger charge is -2.24. The van der Waals surface area contributed by atoms with E-state index in [1.807, 2.05) is 57.0 Å². The van der Waals surface area contributed by atoms with Crippen LogP contribution in [0.3, 0.4) is 0 Å². The van der Waals surface area contributed by atoms with Crippen LogP contribution in [0.5, 0.6) is 0 Å². The quantitative estimate of drug-likeness (QED) is 0.158. The summed E-state index contributed by atoms with van der Waals surface area (Å²) in [7, 11) is 1.70. The molecule has 3 heterocycles. The molecule has 2 bridgehead atoms. The molecule has 0 aromatic carbocycles. The van der Waals surface area contributed by atoms with Gasteiger partial charge in [-0.2, -0.15) is 0 Å². The lowest BCUT2D eigenvalue weighted by molar-refractivity contribution is -0.119. The number of pyridine rings is 1. The number of rotatable bonds is 10. The number of ether oxygens (including phenoxy) is 1. The van der Waals surface area contributed by atoms with Crippen LogP contribution >= 0.6 is 0 Å². The maximum Gasteiger partial charge on any atom is 0.243 e. The van der Waals surface area contributed by atoms with Gasteiger partial charge < -0.3 is 26.0 Å². The zero-order valence-electron chi connectivity index (χ0n) is 26.7. The van der Waals surface area contributed by atoms with Crippen LogP contribution in [-0.4, -0.2) is 54.2 Å². The van der Waals surface area contributed by atoms with E-state index in [0.717, 1.165) is 28.9 Å². The van der Waals surface area contributed by atoms with Crippen molar-refractivity contribution in [1.29, 1.82) is 0 Å². The van der Waals surface area contributed by atoms with Gasteiger partial charge in [0, 0.05) is 46.4 Å². The molecule has 43 heavy (non-hydrogen) atoms. The van der Waals surface area contributed by atoms with E-state index in [4.69, 9.17) is 10.5 Å². The van der Waals surface area contributed by atoms with Crippen molar-refractivity contribution in [3.8, 4) is 0 Å². The van der Waals surface area contributed by atoms with E-state index in [2.05, 4.69) is 53.3 Å². The molecule has 1 unspecified atom stereocenters. The summed E-state index contributed by atoms with van der Waals surface area (Å²) in [5.41, 5.74) is 13.0. The van der Waals surface area contributed by atoms with Gasteiger partial charge in [-0.3, -0.25) is 19.6 Å². The summed E-state index contributed by atoms with van der Waals surface area (Å²) in [6.45, 7) is 19.8. The van der Waals surface area contributed by atoms with E-state index in [1.165, 1.54) is 12.6 Å². The molecule has 0 radical (unpaired) electrons. The molecule has 236 valence electrons. The van der Waals surface area contributed by atoms with Crippen molar-refractivity contribution in [3.05, 3.63) is 96.0 Å². The number of carbonyl (C=O) groups excluding carboxylic acids is 2. The number of allylic oxidation sites excluding steroid dienone is 7. The molecule has 1 aromatic heterocycles. The van der Waals surface area contributed by atoms with E-state index < -0.39 is 0 Å². The predicted octanol–water partition coefficient (Wildman–Crippen LogP) is 6.71. The number of fused-ring (bicyclic) bond motifs is 2. The Bertz CT molecular complexity index is 1320. The highest BCUT2D eigenvalue weighted by Crippen LogP contribution is 2.29. The minimum Gasteiger partial charge on any atom is -0.494 e. The molecule has 0 spiro atoms. The number of hydrogen-bond donors (Lipinski definition) is 3. The Kier molecular flexibility index (Phi) is 16.5. The van der Waals surface area contributed by atoms with Crippen LogP contribution in [0.2, 0.25) is 0 Å². The Labute approximate surface area is 260 Å². The number of aromatic nitrogens is 1. The van der Waals surface area contributed by atoms with Crippen LogP contribution in [0.1, 0.15) is 56.0 Å². The molecule has 1 saturated heterocycles. The molecule has 3 rings (SSSR count). The van der Waals surface area contributed by atoms with Crippen LogP contribution in [0, 0.1) is 12.8 Å². The van der Waals surface area contributed by atoms with Gasteiger partial charge in [-0.1, -0.05) is 65.5 Å². The maximum absolute atomic E-state index is 12.2. The zero-order valence-corrected chi connectivity index (χ0v) is 26.7. The highest BCUT2D eigenvalue weighted by atomic mass is 16.5. The maximum atomic E-state index is 12.2. The number of aryl methyl sites for hydroxylation is 1. The molecule has 2 aliphatic rings. The monoisotopic (exact) mass is 592 g/mol. The third-order valence-corrected chi connectivity index (χ3v) is 6.00. The van der Waals surface area contributed by atoms with E-state index in [-0.39, 0.29) is 33.2 Å². The Balaban J connectivity index is 0. The molecule has 1 fully saturated rings. The Hall–Kier alpha value is -4.62. The van der Waals surface area contributed by atoms with E-state index in [1.54, 1.807) is 31.6 Å². The number of nitrogens with two attached hydrogens (primary N) is 1. The summed E-state index contributed by atoms with van der Waals surface area (Å²) in [5.74, 6) is 0.626. The fourth-order valence-corrected chi connectivity index (χ4v) is 3.73. The Morgan fingerprint density at radius 1 is 1.33 bits per heavy atom. The molecule has 2 amide bonds. The van der Waals surface area contributed by atoms with Crippen molar-refractivity contribution in [2.24, 2.45) is 16.6 Å². The van der Waals surface area contributed by atoms with Crippen LogP contribution in [0.25, 0.3) is 0 Å². The van der Waals surface area contributed by atoms with Crippen molar-refractivity contribution < 1.29 is 17.2 Å². The van der Waals surface area contributed by atoms with Gasteiger partial charge in [-0.05, 0) is 37.1 Å². The number of nitrogens with one attached hydrogen (secondary N) is 2. The standard InChI is InChI=1S/C17H22N4O3.C14H18N2.C3H8.2H2/c1-10(2)17(23)20-15-4-12(6-18-11(15)3)19-16(22)8-21-7-14-5-13(21)9-24-14;1-5-7-8-13(9-12(3)6-2)14(10-15)11-16-4;1-3-2;;/h4,6-7,10,13H,5,8-9H2,1-3H3,(H,19,22)(H,20,23);5,7-11H,1-2,15H2,3-4H3;3H2,1-2H3;2*1H/b;8-7-,13-9+,14-10+,16-11?;;;. The van der Waals surface area contributed by atoms with Crippen molar-refractivity contribution in [3.63, 3.8) is 0 Å². The van der Waals surface area contributed by atoms with Gasteiger partial charge >= 0.3 is 0 Å². The summed E-state index contributed by atoms with van der Waals surface area (Å²) >= 11 is 0. The molecule has 4 N–H and O–H groups in total. The van der Waals surface area contributed by atoms with Crippen molar-refractivity contribution in [1.82, 2.24) is 9.88 Å². The van der Waals surface area contributed by atoms with E-state index >= 15 is 0 Å². The number of hydrogen-bond acceptors (Lipinski definition) is 7. The summed E-state index contributed by atoms with van der Waals surface area (Å²) < 4.78 is 5.40. The van der Waals surface area contributed by atoms with Gasteiger partial charge in [0.25, 0.3) is 0 Å². The number of nitrogens with zero attached hydrogens (tertiary/aromatic N) is 3. The first-order valence-corrected chi connectivity index (χ1v) is 14.4. The van der Waals surface area contributed by atoms with Gasteiger partial charge in [0.15, 0.2) is 0 Å². The molecule has 9 nitrogen and oxygen atoms in total. The highest BCUT2D eigenvalue weighted by Gasteiger charge is 2.33. The predicted molar refractivity (Wildman–Crippen MR) is 183 cm³/mol. The van der Waals surface area contributed by atoms with Crippen LogP contribution in [0.15, 0.2) is 95.3 Å². The molecule has 1 atom stereocenters. The SMILES string of the molecule is C=C=C(C)/C=C(\C=C/C=C)C(/C=NC)=C/N.CCC.Cc1ncc(NC(=O)CN2C=C3CC2CO3)cc1NC(=O)C(C)C.[HH].[HH]. The van der Waals surface area contributed by atoms with Gasteiger partial charge in [0.2, 0.25) is 11.8 Å². The lowest BCUT2D eigenvalue weighted by Crippen LogP contribution is -2.36. The first-order valence-electron chi connectivity index (χ1n) is 14.4. The van der Waals surface area contributed by atoms with Crippen molar-refractivity contribution >= 4 is 29.4 Å². The molecule has 9 heteroatoms. The van der Waals surface area contributed by atoms with Gasteiger partial charge in [0.1, 0.15) is 12.4 Å². The highest BCUT2D eigenvalue weighted by molar-refractivity contribution is 5.95. The first kappa shape index (κ1) is 36.4. The lowest BCUT2D eigenvalue weighted by atomic mass is 10.0. The van der Waals surface area contributed by atoms with Gasteiger partial charge in [-0.25, -0.2) is 0 Å². The average molecular weight is 593 g/mol. The molecule has 2 aliphatic heterocycles. The van der Waals surface area contributed by atoms with Crippen molar-refractivity contribution in [2.45, 2.75) is 60.4 Å². The topological polar surface area (TPSA) is 122 Å². The second-order valence-electron chi connectivity index (χ2n) is 10.3. The van der Waals surface area contributed by atoms with E-state index in [9.17, 15) is 9.59 Å². The molecular weight excluding hydrogens is 540 g/mol. The van der Waals surface area contributed by atoms with Crippen LogP contribution < -0.4 is 16.4 Å². The van der Waals surface area contributed by atoms with Gasteiger partial charge in [0.05, 0.1) is 35.9 Å². The summed E-state index contributed by atoms with van der Waals surface area (Å²) in [4.78, 5) is 34.3. The van der Waals surface area contributed by atoms with Crippen LogP contribution in [0.4, 0.5) is 11.4 Å². The number of carbonyl (C=O) groups is 2. The largest absolute Gasteiger partial charge is 0.494 e. The molecule has 0 saturated carbocycles. The minimum atomic E-state index is -0.122. The fourth-order valence-electron chi connectivity index (χ4n) is 3.73. The molecule has 0 aliphatic carbocycles. The number of anilines is 2. The number of aliphatic imine (C=N–C) groups is 1. The number of amides is 2. The third kappa shape index (κ3) is 12.8. The normalized spacial score (nSPS) is 15.6.